The van der Waals surface area contributed by atoms with Crippen LogP contribution < -0.4 is 4.74 Å². The fourth-order valence-electron chi connectivity index (χ4n) is 2.43. The van der Waals surface area contributed by atoms with E-state index in [9.17, 15) is 4.79 Å². The highest BCUT2D eigenvalue weighted by Gasteiger charge is 2.23. The van der Waals surface area contributed by atoms with Crippen LogP contribution >= 0.6 is 0 Å². The Morgan fingerprint density at radius 1 is 1.20 bits per heavy atom. The van der Waals surface area contributed by atoms with E-state index in [1.807, 2.05) is 32.9 Å². The van der Waals surface area contributed by atoms with Gasteiger partial charge in [-0.3, -0.25) is 4.79 Å². The Bertz CT molecular complexity index is 1000. The molecule has 3 rings (SSSR count). The molecule has 0 fully saturated rings. The Hall–Kier alpha value is -3.13. The number of carbonyl (C=O) groups excluding carboxylic acids is 1. The van der Waals surface area contributed by atoms with Crippen LogP contribution in [0.2, 0.25) is 0 Å². The number of Topliss-reactive ketones (excluding diaryl/α,β-unsaturated/α-hetero) is 1. The number of ether oxygens (including phenoxy) is 1. The number of rotatable bonds is 2. The third kappa shape index (κ3) is 3.38. The average Bonchev–Trinajstić information content (AvgIpc) is 3.01. The molecule has 0 aliphatic heterocycles. The molecule has 0 spiro atoms. The van der Waals surface area contributed by atoms with Crippen LogP contribution in [0.1, 0.15) is 42.4 Å². The van der Waals surface area contributed by atoms with E-state index in [2.05, 4.69) is 21.9 Å². The van der Waals surface area contributed by atoms with Crippen LogP contribution in [0.15, 0.2) is 42.7 Å². The molecule has 2 aromatic heterocycles. The summed E-state index contributed by atoms with van der Waals surface area (Å²) in [5, 5.41) is 4.24. The van der Waals surface area contributed by atoms with Gasteiger partial charge in [-0.05, 0) is 36.3 Å². The van der Waals surface area contributed by atoms with Crippen LogP contribution in [-0.4, -0.2) is 27.5 Å². The number of imidazole rings is 1. The number of hydrogen-bond donors (Lipinski definition) is 0. The van der Waals surface area contributed by atoms with Crippen molar-refractivity contribution in [1.29, 1.82) is 0 Å². The minimum atomic E-state index is -0.454. The lowest BCUT2D eigenvalue weighted by Gasteiger charge is -2.17. The van der Waals surface area contributed by atoms with E-state index in [4.69, 9.17) is 4.74 Å². The fraction of sp³-hybridized carbons (Fsp3) is 0.250. The second-order valence-electron chi connectivity index (χ2n) is 6.68. The summed E-state index contributed by atoms with van der Waals surface area (Å²) in [7, 11) is 1.58. The lowest BCUT2D eigenvalue weighted by Crippen LogP contribution is -2.20. The smallest absolute Gasteiger partial charge is 0.168 e. The molecule has 0 saturated heterocycles. The van der Waals surface area contributed by atoms with Crippen molar-refractivity contribution in [3.8, 4) is 17.6 Å². The van der Waals surface area contributed by atoms with E-state index in [0.717, 1.165) is 5.65 Å². The molecule has 5 heteroatoms. The number of benzene rings is 1. The molecule has 3 aromatic rings. The summed E-state index contributed by atoms with van der Waals surface area (Å²) < 4.78 is 7.04. The van der Waals surface area contributed by atoms with Gasteiger partial charge >= 0.3 is 0 Å². The molecule has 0 amide bonds. The summed E-state index contributed by atoms with van der Waals surface area (Å²) in [5.74, 6) is 6.83. The summed E-state index contributed by atoms with van der Waals surface area (Å²) >= 11 is 0. The SMILES string of the molecule is COc1ccc(C(=O)C(C)(C)C)cc1C#Cc1cnc2cccnn12. The van der Waals surface area contributed by atoms with Gasteiger partial charge in [0.1, 0.15) is 11.4 Å². The molecule has 0 radical (unpaired) electrons. The van der Waals surface area contributed by atoms with Gasteiger partial charge in [-0.1, -0.05) is 26.7 Å². The van der Waals surface area contributed by atoms with Gasteiger partial charge in [0.15, 0.2) is 11.4 Å². The second-order valence-corrected chi connectivity index (χ2v) is 6.68. The van der Waals surface area contributed by atoms with E-state index in [1.165, 1.54) is 0 Å². The summed E-state index contributed by atoms with van der Waals surface area (Å²) in [4.78, 5) is 16.8. The van der Waals surface area contributed by atoms with E-state index >= 15 is 0 Å². The average molecular weight is 333 g/mol. The minimum absolute atomic E-state index is 0.0645. The Morgan fingerprint density at radius 3 is 2.72 bits per heavy atom. The van der Waals surface area contributed by atoms with Crippen molar-refractivity contribution in [3.05, 3.63) is 59.5 Å². The molecule has 2 heterocycles. The molecule has 1 aromatic carbocycles. The Morgan fingerprint density at radius 2 is 2.00 bits per heavy atom. The molecule has 25 heavy (non-hydrogen) atoms. The molecular weight excluding hydrogens is 314 g/mol. The zero-order valence-corrected chi connectivity index (χ0v) is 14.7. The van der Waals surface area contributed by atoms with Crippen LogP contribution in [0, 0.1) is 17.3 Å². The van der Waals surface area contributed by atoms with Gasteiger partial charge in [0, 0.05) is 17.2 Å². The molecular formula is C20H19N3O2. The lowest BCUT2D eigenvalue weighted by atomic mass is 9.86. The maximum atomic E-state index is 12.5. The zero-order valence-electron chi connectivity index (χ0n) is 14.7. The molecule has 0 saturated carbocycles. The number of methoxy groups -OCH3 is 1. The molecule has 0 bridgehead atoms. The van der Waals surface area contributed by atoms with Crippen molar-refractivity contribution in [2.24, 2.45) is 5.41 Å². The van der Waals surface area contributed by atoms with E-state index < -0.39 is 5.41 Å². The molecule has 0 atom stereocenters. The van der Waals surface area contributed by atoms with Crippen LogP contribution in [0.5, 0.6) is 5.75 Å². The summed E-state index contributed by atoms with van der Waals surface area (Å²) in [6.45, 7) is 5.69. The first-order valence-electron chi connectivity index (χ1n) is 7.94. The number of fused-ring (bicyclic) bond motifs is 1. The van der Waals surface area contributed by atoms with Gasteiger partial charge in [-0.25, -0.2) is 9.50 Å². The van der Waals surface area contributed by atoms with Gasteiger partial charge < -0.3 is 4.74 Å². The first-order valence-corrected chi connectivity index (χ1v) is 7.94. The Labute approximate surface area is 146 Å². The number of carbonyl (C=O) groups is 1. The normalized spacial score (nSPS) is 11.0. The number of hydrogen-bond acceptors (Lipinski definition) is 4. The van der Waals surface area contributed by atoms with Crippen molar-refractivity contribution in [2.45, 2.75) is 20.8 Å². The van der Waals surface area contributed by atoms with E-state index in [0.29, 0.717) is 22.6 Å². The first kappa shape index (κ1) is 16.7. The predicted molar refractivity (Wildman–Crippen MR) is 95.7 cm³/mol. The van der Waals surface area contributed by atoms with Crippen molar-refractivity contribution < 1.29 is 9.53 Å². The van der Waals surface area contributed by atoms with Gasteiger partial charge in [0.05, 0.1) is 18.9 Å². The van der Waals surface area contributed by atoms with Crippen molar-refractivity contribution in [3.63, 3.8) is 0 Å². The van der Waals surface area contributed by atoms with Crippen molar-refractivity contribution in [1.82, 2.24) is 14.6 Å². The third-order valence-electron chi connectivity index (χ3n) is 3.75. The number of nitrogens with zero attached hydrogens (tertiary/aromatic N) is 3. The predicted octanol–water partition coefficient (Wildman–Crippen LogP) is 3.37. The Kier molecular flexibility index (Phi) is 4.28. The van der Waals surface area contributed by atoms with Crippen molar-refractivity contribution >= 4 is 11.4 Å². The van der Waals surface area contributed by atoms with E-state index in [1.54, 1.807) is 42.2 Å². The maximum Gasteiger partial charge on any atom is 0.168 e. The maximum absolute atomic E-state index is 12.5. The fourth-order valence-corrected chi connectivity index (χ4v) is 2.43. The zero-order chi connectivity index (χ0) is 18.0. The standard InChI is InChI=1S/C20H19N3O2/c1-20(2,3)19(24)15-8-10-17(25-4)14(12-15)7-9-16-13-21-18-6-5-11-22-23(16)18/h5-6,8,10-13H,1-4H3. The monoisotopic (exact) mass is 333 g/mol. The van der Waals surface area contributed by atoms with Crippen LogP contribution in [0.25, 0.3) is 5.65 Å². The van der Waals surface area contributed by atoms with Crippen LogP contribution in [0.4, 0.5) is 0 Å². The van der Waals surface area contributed by atoms with Crippen LogP contribution in [0.3, 0.4) is 0 Å². The number of ketones is 1. The van der Waals surface area contributed by atoms with Crippen molar-refractivity contribution in [2.75, 3.05) is 7.11 Å². The highest BCUT2D eigenvalue weighted by molar-refractivity contribution is 6.00. The Balaban J connectivity index is 2.04. The largest absolute Gasteiger partial charge is 0.495 e. The molecule has 0 N–H and O–H groups in total. The quantitative estimate of drug-likeness (QED) is 0.533. The number of aromatic nitrogens is 3. The minimum Gasteiger partial charge on any atom is -0.495 e. The molecule has 0 aliphatic carbocycles. The summed E-state index contributed by atoms with van der Waals surface area (Å²) in [5.41, 5.74) is 2.23. The van der Waals surface area contributed by atoms with E-state index in [-0.39, 0.29) is 5.78 Å². The molecule has 126 valence electrons. The van der Waals surface area contributed by atoms with Gasteiger partial charge in [-0.15, -0.1) is 0 Å². The second kappa shape index (κ2) is 6.40. The first-order chi connectivity index (χ1) is 11.9. The molecule has 0 aliphatic rings. The molecule has 5 nitrogen and oxygen atoms in total. The topological polar surface area (TPSA) is 56.5 Å². The van der Waals surface area contributed by atoms with Gasteiger partial charge in [0.2, 0.25) is 0 Å². The highest BCUT2D eigenvalue weighted by atomic mass is 16.5. The van der Waals surface area contributed by atoms with Crippen LogP contribution in [-0.2, 0) is 0 Å². The lowest BCUT2D eigenvalue weighted by molar-refractivity contribution is 0.0858. The summed E-state index contributed by atoms with van der Waals surface area (Å²) in [6.07, 6.45) is 3.36. The summed E-state index contributed by atoms with van der Waals surface area (Å²) in [6, 6.07) is 9.00. The van der Waals surface area contributed by atoms with Gasteiger partial charge in [0.25, 0.3) is 0 Å². The molecule has 0 unspecified atom stereocenters. The third-order valence-corrected chi connectivity index (χ3v) is 3.75. The van der Waals surface area contributed by atoms with Gasteiger partial charge in [-0.2, -0.15) is 5.10 Å². The highest BCUT2D eigenvalue weighted by Crippen LogP contribution is 2.25.